The van der Waals surface area contributed by atoms with Crippen LogP contribution in [0, 0.1) is 0 Å². The number of alkyl halides is 3. The molecule has 0 fully saturated rings. The molecule has 1 aromatic rings. The van der Waals surface area contributed by atoms with Crippen molar-refractivity contribution in [3.05, 3.63) is 29.3 Å². The first kappa shape index (κ1) is 14.3. The van der Waals surface area contributed by atoms with E-state index in [1.54, 1.807) is 0 Å². The molecule has 0 radical (unpaired) electrons. The Hall–Kier alpha value is -1.80. The molecule has 0 saturated heterocycles. The summed E-state index contributed by atoms with van der Waals surface area (Å²) in [4.78, 5) is 10.6. The average Bonchev–Trinajstić information content (AvgIpc) is 2.26. The molecule has 1 aromatic carbocycles. The van der Waals surface area contributed by atoms with Crippen molar-refractivity contribution in [2.24, 2.45) is 5.73 Å². The van der Waals surface area contributed by atoms with Crippen LogP contribution < -0.4 is 5.73 Å². The number of phenolic OH excluding ortho intramolecular Hbond substituents is 1. The highest BCUT2D eigenvalue weighted by molar-refractivity contribution is 5.79. The first-order valence-corrected chi connectivity index (χ1v) is 4.70. The smallest absolute Gasteiger partial charge is 0.416 e. The topological polar surface area (TPSA) is 104 Å². The van der Waals surface area contributed by atoms with Crippen molar-refractivity contribution >= 4 is 5.91 Å². The third kappa shape index (κ3) is 2.90. The van der Waals surface area contributed by atoms with Crippen molar-refractivity contribution in [2.45, 2.75) is 18.4 Å². The molecule has 2 unspecified atom stereocenters. The number of carbonyl (C=O) groups excluding carboxylic acids is 1. The van der Waals surface area contributed by atoms with Crippen LogP contribution in [0.1, 0.15) is 17.2 Å². The minimum atomic E-state index is -4.68. The molecule has 5 N–H and O–H groups in total. The van der Waals surface area contributed by atoms with Crippen LogP contribution >= 0.6 is 0 Å². The van der Waals surface area contributed by atoms with Gasteiger partial charge in [0.1, 0.15) is 11.9 Å². The average molecular weight is 265 g/mol. The van der Waals surface area contributed by atoms with E-state index in [1.807, 2.05) is 0 Å². The van der Waals surface area contributed by atoms with Gasteiger partial charge in [-0.1, -0.05) is 0 Å². The first-order chi connectivity index (χ1) is 8.14. The first-order valence-electron chi connectivity index (χ1n) is 4.70. The maximum atomic E-state index is 12.4. The molecule has 0 aromatic heterocycles. The Morgan fingerprint density at radius 1 is 1.28 bits per heavy atom. The molecule has 0 heterocycles. The van der Waals surface area contributed by atoms with E-state index in [4.69, 9.17) is 10.8 Å². The van der Waals surface area contributed by atoms with E-state index in [9.17, 15) is 28.2 Å². The third-order valence-electron chi connectivity index (χ3n) is 2.26. The lowest BCUT2D eigenvalue weighted by atomic mass is 10.00. The molecule has 0 aliphatic rings. The SMILES string of the molecule is NC(=O)C(O)C(O)c1cc(C(F)(F)F)ccc1O. The van der Waals surface area contributed by atoms with Gasteiger partial charge in [0.2, 0.25) is 5.91 Å². The lowest BCUT2D eigenvalue weighted by Gasteiger charge is -2.18. The van der Waals surface area contributed by atoms with Crippen molar-refractivity contribution < 1.29 is 33.3 Å². The molecule has 18 heavy (non-hydrogen) atoms. The number of phenols is 1. The van der Waals surface area contributed by atoms with Crippen molar-refractivity contribution in [3.8, 4) is 5.75 Å². The molecule has 5 nitrogen and oxygen atoms in total. The highest BCUT2D eigenvalue weighted by atomic mass is 19.4. The number of hydrogen-bond donors (Lipinski definition) is 4. The third-order valence-corrected chi connectivity index (χ3v) is 2.26. The second-order valence-corrected chi connectivity index (χ2v) is 3.56. The second kappa shape index (κ2) is 4.83. The van der Waals surface area contributed by atoms with Crippen LogP contribution in [0.3, 0.4) is 0 Å². The van der Waals surface area contributed by atoms with Crippen LogP contribution in [0.15, 0.2) is 18.2 Å². The molecule has 1 rings (SSSR count). The van der Waals surface area contributed by atoms with Gasteiger partial charge in [0.15, 0.2) is 6.10 Å². The summed E-state index contributed by atoms with van der Waals surface area (Å²) >= 11 is 0. The van der Waals surface area contributed by atoms with Gasteiger partial charge in [-0.2, -0.15) is 13.2 Å². The summed E-state index contributed by atoms with van der Waals surface area (Å²) in [6.45, 7) is 0. The maximum absolute atomic E-state index is 12.4. The molecule has 2 atom stereocenters. The van der Waals surface area contributed by atoms with Crippen molar-refractivity contribution in [2.75, 3.05) is 0 Å². The zero-order valence-electron chi connectivity index (χ0n) is 8.85. The Labute approximate surface area is 99.3 Å². The lowest BCUT2D eigenvalue weighted by molar-refractivity contribution is -0.137. The summed E-state index contributed by atoms with van der Waals surface area (Å²) in [7, 11) is 0. The molecule has 0 spiro atoms. The van der Waals surface area contributed by atoms with E-state index >= 15 is 0 Å². The van der Waals surface area contributed by atoms with Gasteiger partial charge in [0.25, 0.3) is 0 Å². The Bertz CT molecular complexity index is 461. The predicted molar refractivity (Wildman–Crippen MR) is 53.3 cm³/mol. The summed E-state index contributed by atoms with van der Waals surface area (Å²) in [6.07, 6.45) is -8.83. The fourth-order valence-electron chi connectivity index (χ4n) is 1.29. The molecule has 100 valence electrons. The largest absolute Gasteiger partial charge is 0.508 e. The Balaban J connectivity index is 3.20. The lowest BCUT2D eigenvalue weighted by Crippen LogP contribution is -2.34. The number of aliphatic hydroxyl groups is 2. The van der Waals surface area contributed by atoms with Gasteiger partial charge in [0, 0.05) is 5.56 Å². The van der Waals surface area contributed by atoms with Crippen LogP contribution in [0.5, 0.6) is 5.75 Å². The number of rotatable bonds is 3. The highest BCUT2D eigenvalue weighted by Crippen LogP contribution is 2.35. The monoisotopic (exact) mass is 265 g/mol. The van der Waals surface area contributed by atoms with Crippen molar-refractivity contribution in [1.29, 1.82) is 0 Å². The van der Waals surface area contributed by atoms with Gasteiger partial charge < -0.3 is 21.1 Å². The molecule has 0 aliphatic heterocycles. The maximum Gasteiger partial charge on any atom is 0.416 e. The van der Waals surface area contributed by atoms with E-state index in [1.165, 1.54) is 0 Å². The van der Waals surface area contributed by atoms with Gasteiger partial charge in [0.05, 0.1) is 5.56 Å². The van der Waals surface area contributed by atoms with Crippen LogP contribution in [0.4, 0.5) is 13.2 Å². The fourth-order valence-corrected chi connectivity index (χ4v) is 1.29. The van der Waals surface area contributed by atoms with Crippen LogP contribution in [0.25, 0.3) is 0 Å². The Morgan fingerprint density at radius 2 is 1.83 bits per heavy atom. The molecular weight excluding hydrogens is 255 g/mol. The number of amides is 1. The summed E-state index contributed by atoms with van der Waals surface area (Å²) in [5.41, 5.74) is 2.93. The van der Waals surface area contributed by atoms with Crippen LogP contribution in [0.2, 0.25) is 0 Å². The number of aliphatic hydroxyl groups excluding tert-OH is 2. The molecule has 0 bridgehead atoms. The number of benzene rings is 1. The number of halogens is 3. The van der Waals surface area contributed by atoms with E-state index in [0.717, 1.165) is 0 Å². The van der Waals surface area contributed by atoms with Crippen LogP contribution in [-0.4, -0.2) is 27.3 Å². The van der Waals surface area contributed by atoms with Gasteiger partial charge in [-0.3, -0.25) is 4.79 Å². The molecule has 0 aliphatic carbocycles. The van der Waals surface area contributed by atoms with Crippen LogP contribution in [-0.2, 0) is 11.0 Å². The zero-order valence-corrected chi connectivity index (χ0v) is 8.85. The fraction of sp³-hybridized carbons (Fsp3) is 0.300. The summed E-state index contributed by atoms with van der Waals surface area (Å²) in [5.74, 6) is -2.00. The molecular formula is C10H10F3NO4. The zero-order chi connectivity index (χ0) is 14.1. The number of carbonyl (C=O) groups is 1. The standard InChI is InChI=1S/C10H10F3NO4/c11-10(12,13)4-1-2-6(15)5(3-4)7(16)8(17)9(14)18/h1-3,7-8,15-17H,(H2,14,18). The van der Waals surface area contributed by atoms with Crippen molar-refractivity contribution in [3.63, 3.8) is 0 Å². The quantitative estimate of drug-likeness (QED) is 0.630. The van der Waals surface area contributed by atoms with E-state index in [2.05, 4.69) is 0 Å². The predicted octanol–water partition coefficient (Wildman–Crippen LogP) is 0.291. The van der Waals surface area contributed by atoms with E-state index in [-0.39, 0.29) is 0 Å². The molecule has 8 heteroatoms. The van der Waals surface area contributed by atoms with E-state index < -0.39 is 41.2 Å². The minimum absolute atomic E-state index is 0.437. The van der Waals surface area contributed by atoms with Gasteiger partial charge >= 0.3 is 6.18 Å². The number of nitrogens with two attached hydrogens (primary N) is 1. The minimum Gasteiger partial charge on any atom is -0.508 e. The highest BCUT2D eigenvalue weighted by Gasteiger charge is 2.33. The molecule has 0 saturated carbocycles. The second-order valence-electron chi connectivity index (χ2n) is 3.56. The summed E-state index contributed by atoms with van der Waals surface area (Å²) in [6, 6.07) is 1.74. The van der Waals surface area contributed by atoms with E-state index in [0.29, 0.717) is 18.2 Å². The Kier molecular flexibility index (Phi) is 3.82. The normalized spacial score (nSPS) is 15.2. The number of primary amides is 1. The van der Waals surface area contributed by atoms with Gasteiger partial charge in [-0.05, 0) is 18.2 Å². The van der Waals surface area contributed by atoms with Gasteiger partial charge in [-0.25, -0.2) is 0 Å². The van der Waals surface area contributed by atoms with Gasteiger partial charge in [-0.15, -0.1) is 0 Å². The number of hydrogen-bond acceptors (Lipinski definition) is 4. The molecule has 1 amide bonds. The summed E-state index contributed by atoms with van der Waals surface area (Å²) < 4.78 is 37.2. The summed E-state index contributed by atoms with van der Waals surface area (Å²) in [5, 5.41) is 27.9. The Morgan fingerprint density at radius 3 is 2.28 bits per heavy atom. The van der Waals surface area contributed by atoms with Crippen molar-refractivity contribution in [1.82, 2.24) is 0 Å². The number of aromatic hydroxyl groups is 1.